The lowest BCUT2D eigenvalue weighted by atomic mass is 10.1. The molecule has 20 heavy (non-hydrogen) atoms. The van der Waals surface area contributed by atoms with Crippen molar-refractivity contribution in [2.75, 3.05) is 44.6 Å². The Bertz CT molecular complexity index is 378. The molecule has 0 saturated carbocycles. The number of hydrogen-bond acceptors (Lipinski definition) is 4. The fourth-order valence-electron chi connectivity index (χ4n) is 2.51. The van der Waals surface area contributed by atoms with Crippen molar-refractivity contribution in [1.82, 2.24) is 4.90 Å². The average Bonchev–Trinajstić information content (AvgIpc) is 2.49. The molecule has 0 aromatic heterocycles. The molecule has 0 amide bonds. The van der Waals surface area contributed by atoms with Crippen molar-refractivity contribution in [3.05, 3.63) is 24.3 Å². The first-order valence-electron chi connectivity index (χ1n) is 7.77. The minimum absolute atomic E-state index is 0.721. The molecule has 0 unspecified atom stereocenters. The summed E-state index contributed by atoms with van der Waals surface area (Å²) in [5, 5.41) is 3.36. The molecule has 1 aliphatic heterocycles. The smallest absolute Gasteiger partial charge is 0.121 e. The molecule has 0 bridgehead atoms. The van der Waals surface area contributed by atoms with Gasteiger partial charge in [0.1, 0.15) is 12.4 Å². The summed E-state index contributed by atoms with van der Waals surface area (Å²) in [7, 11) is 0. The number of nitrogens with one attached hydrogen (secondary N) is 1. The van der Waals surface area contributed by atoms with E-state index < -0.39 is 0 Å². The van der Waals surface area contributed by atoms with Crippen LogP contribution in [0.4, 0.5) is 5.69 Å². The van der Waals surface area contributed by atoms with Gasteiger partial charge >= 0.3 is 0 Å². The van der Waals surface area contributed by atoms with Crippen LogP contribution < -0.4 is 15.8 Å². The van der Waals surface area contributed by atoms with E-state index in [9.17, 15) is 0 Å². The van der Waals surface area contributed by atoms with E-state index in [1.807, 2.05) is 12.1 Å². The molecule has 1 aromatic carbocycles. The Morgan fingerprint density at radius 1 is 1.20 bits per heavy atom. The Kier molecular flexibility index (Phi) is 6.68. The monoisotopic (exact) mass is 277 g/mol. The second-order valence-corrected chi connectivity index (χ2v) is 5.35. The van der Waals surface area contributed by atoms with E-state index in [1.165, 1.54) is 32.4 Å². The van der Waals surface area contributed by atoms with E-state index in [4.69, 9.17) is 10.5 Å². The van der Waals surface area contributed by atoms with Crippen molar-refractivity contribution >= 4 is 5.69 Å². The molecule has 1 saturated heterocycles. The normalized spacial score (nSPS) is 16.1. The molecule has 0 radical (unpaired) electrons. The van der Waals surface area contributed by atoms with Crippen LogP contribution in [0.2, 0.25) is 0 Å². The largest absolute Gasteiger partial charge is 0.492 e. The second-order valence-electron chi connectivity index (χ2n) is 5.35. The minimum Gasteiger partial charge on any atom is -0.492 e. The van der Waals surface area contributed by atoms with Gasteiger partial charge < -0.3 is 15.8 Å². The van der Waals surface area contributed by atoms with Crippen molar-refractivity contribution in [2.45, 2.75) is 25.7 Å². The van der Waals surface area contributed by atoms with E-state index >= 15 is 0 Å². The van der Waals surface area contributed by atoms with Gasteiger partial charge in [-0.1, -0.05) is 12.5 Å². The Morgan fingerprint density at radius 3 is 2.85 bits per heavy atom. The van der Waals surface area contributed by atoms with E-state index in [0.29, 0.717) is 0 Å². The van der Waals surface area contributed by atoms with Gasteiger partial charge in [-0.15, -0.1) is 0 Å². The number of anilines is 1. The third kappa shape index (κ3) is 5.39. The highest BCUT2D eigenvalue weighted by Crippen LogP contribution is 2.17. The number of benzene rings is 1. The van der Waals surface area contributed by atoms with Gasteiger partial charge in [-0.25, -0.2) is 0 Å². The number of likely N-dealkylation sites (tertiary alicyclic amines) is 1. The van der Waals surface area contributed by atoms with Crippen molar-refractivity contribution in [1.29, 1.82) is 0 Å². The van der Waals surface area contributed by atoms with Crippen LogP contribution in [0.5, 0.6) is 5.75 Å². The minimum atomic E-state index is 0.721. The van der Waals surface area contributed by atoms with Gasteiger partial charge in [0.25, 0.3) is 0 Å². The predicted molar refractivity (Wildman–Crippen MR) is 84.4 cm³/mol. The van der Waals surface area contributed by atoms with Crippen LogP contribution in [0, 0.1) is 0 Å². The molecule has 0 spiro atoms. The first kappa shape index (κ1) is 15.1. The molecule has 4 nitrogen and oxygen atoms in total. The summed E-state index contributed by atoms with van der Waals surface area (Å²) >= 11 is 0. The zero-order valence-electron chi connectivity index (χ0n) is 12.3. The first-order chi connectivity index (χ1) is 9.88. The van der Waals surface area contributed by atoms with Gasteiger partial charge in [0.15, 0.2) is 0 Å². The molecule has 0 atom stereocenters. The van der Waals surface area contributed by atoms with E-state index in [0.717, 1.165) is 44.1 Å². The molecule has 1 aliphatic rings. The highest BCUT2D eigenvalue weighted by molar-refractivity contribution is 5.48. The van der Waals surface area contributed by atoms with Crippen LogP contribution in [0.3, 0.4) is 0 Å². The van der Waals surface area contributed by atoms with E-state index in [1.54, 1.807) is 0 Å². The lowest BCUT2D eigenvalue weighted by Gasteiger charge is -2.26. The Hall–Kier alpha value is -1.26. The van der Waals surface area contributed by atoms with Gasteiger partial charge in [0, 0.05) is 24.8 Å². The van der Waals surface area contributed by atoms with Crippen LogP contribution in [0.25, 0.3) is 0 Å². The fraction of sp³-hybridized carbons (Fsp3) is 0.625. The maximum atomic E-state index is 5.85. The highest BCUT2D eigenvalue weighted by atomic mass is 16.5. The van der Waals surface area contributed by atoms with Crippen LogP contribution >= 0.6 is 0 Å². The molecule has 2 rings (SSSR count). The maximum absolute atomic E-state index is 5.85. The molecule has 1 heterocycles. The number of hydrogen-bond donors (Lipinski definition) is 2. The lowest BCUT2D eigenvalue weighted by Crippen LogP contribution is -2.33. The summed E-state index contributed by atoms with van der Waals surface area (Å²) < 4.78 is 5.85. The zero-order chi connectivity index (χ0) is 14.0. The SMILES string of the molecule is NCCCNc1cccc(OCCN2CCCCC2)c1. The fourth-order valence-corrected chi connectivity index (χ4v) is 2.51. The Labute approximate surface area is 122 Å². The van der Waals surface area contributed by atoms with Crippen molar-refractivity contribution < 1.29 is 4.74 Å². The van der Waals surface area contributed by atoms with Crippen molar-refractivity contribution in [3.63, 3.8) is 0 Å². The summed E-state index contributed by atoms with van der Waals surface area (Å²) in [5.74, 6) is 0.944. The highest BCUT2D eigenvalue weighted by Gasteiger charge is 2.09. The third-order valence-electron chi connectivity index (χ3n) is 3.67. The molecule has 112 valence electrons. The zero-order valence-corrected chi connectivity index (χ0v) is 12.3. The van der Waals surface area contributed by atoms with Gasteiger partial charge in [-0.05, 0) is 51.0 Å². The van der Waals surface area contributed by atoms with Gasteiger partial charge in [0.2, 0.25) is 0 Å². The molecule has 1 fully saturated rings. The maximum Gasteiger partial charge on any atom is 0.121 e. The number of rotatable bonds is 8. The van der Waals surface area contributed by atoms with Crippen LogP contribution in [-0.4, -0.2) is 44.2 Å². The molecule has 0 aliphatic carbocycles. The number of ether oxygens (including phenoxy) is 1. The van der Waals surface area contributed by atoms with Gasteiger partial charge in [-0.3, -0.25) is 4.90 Å². The van der Waals surface area contributed by atoms with E-state index in [-0.39, 0.29) is 0 Å². The second kappa shape index (κ2) is 8.82. The summed E-state index contributed by atoms with van der Waals surface area (Å²) in [5.41, 5.74) is 6.60. The van der Waals surface area contributed by atoms with Gasteiger partial charge in [-0.2, -0.15) is 0 Å². The molecule has 3 N–H and O–H groups in total. The number of nitrogens with two attached hydrogens (primary N) is 1. The first-order valence-corrected chi connectivity index (χ1v) is 7.77. The summed E-state index contributed by atoms with van der Waals surface area (Å²) in [6.07, 6.45) is 5.04. The molecule has 1 aromatic rings. The Balaban J connectivity index is 1.70. The predicted octanol–water partition coefficient (Wildman–Crippen LogP) is 2.31. The Morgan fingerprint density at radius 2 is 2.05 bits per heavy atom. The topological polar surface area (TPSA) is 50.5 Å². The number of piperidine rings is 1. The number of nitrogens with zero attached hydrogens (tertiary/aromatic N) is 1. The van der Waals surface area contributed by atoms with Crippen LogP contribution in [-0.2, 0) is 0 Å². The molecular weight excluding hydrogens is 250 g/mol. The lowest BCUT2D eigenvalue weighted by molar-refractivity contribution is 0.183. The van der Waals surface area contributed by atoms with Crippen LogP contribution in [0.15, 0.2) is 24.3 Å². The quantitative estimate of drug-likeness (QED) is 0.716. The van der Waals surface area contributed by atoms with E-state index in [2.05, 4.69) is 22.3 Å². The summed E-state index contributed by atoms with van der Waals surface area (Å²) in [6, 6.07) is 8.17. The van der Waals surface area contributed by atoms with Crippen molar-refractivity contribution in [2.24, 2.45) is 5.73 Å². The average molecular weight is 277 g/mol. The summed E-state index contributed by atoms with van der Waals surface area (Å²) in [4.78, 5) is 2.49. The third-order valence-corrected chi connectivity index (χ3v) is 3.67. The summed E-state index contributed by atoms with van der Waals surface area (Å²) in [6.45, 7) is 5.89. The van der Waals surface area contributed by atoms with Gasteiger partial charge in [0.05, 0.1) is 0 Å². The molecule has 4 heteroatoms. The van der Waals surface area contributed by atoms with Crippen LogP contribution in [0.1, 0.15) is 25.7 Å². The standard InChI is InChI=1S/C16H27N3O/c17-8-5-9-18-15-6-4-7-16(14-15)20-13-12-19-10-2-1-3-11-19/h4,6-7,14,18H,1-3,5,8-13,17H2. The molecular formula is C16H27N3O. The van der Waals surface area contributed by atoms with Crippen molar-refractivity contribution in [3.8, 4) is 5.75 Å².